The number of carbonyl (C=O) groups excluding carboxylic acids is 1. The Bertz CT molecular complexity index is 564. The largest absolute Gasteiger partial charge is 0.356 e. The molecule has 0 heterocycles. The van der Waals surface area contributed by atoms with Crippen molar-refractivity contribution in [3.05, 3.63) is 53.6 Å². The van der Waals surface area contributed by atoms with E-state index in [2.05, 4.69) is 10.6 Å². The summed E-state index contributed by atoms with van der Waals surface area (Å²) in [5.41, 5.74) is 2.74. The number of anilines is 3. The van der Waals surface area contributed by atoms with E-state index in [1.54, 1.807) is 0 Å². The van der Waals surface area contributed by atoms with Crippen molar-refractivity contribution in [2.45, 2.75) is 19.8 Å². The number of hydrogen-bond acceptors (Lipinski definition) is 2. The summed E-state index contributed by atoms with van der Waals surface area (Å²) < 4.78 is 0. The second-order valence-corrected chi connectivity index (χ2v) is 4.94. The van der Waals surface area contributed by atoms with E-state index in [4.69, 9.17) is 11.6 Å². The molecule has 20 heavy (non-hydrogen) atoms. The van der Waals surface area contributed by atoms with Crippen LogP contribution in [-0.4, -0.2) is 5.91 Å². The van der Waals surface area contributed by atoms with Crippen LogP contribution in [0.2, 0.25) is 5.02 Å². The normalized spacial score (nSPS) is 10.1. The molecule has 0 unspecified atom stereocenters. The van der Waals surface area contributed by atoms with Crippen LogP contribution >= 0.6 is 11.6 Å². The maximum Gasteiger partial charge on any atom is 0.224 e. The first-order chi connectivity index (χ1) is 9.67. The van der Waals surface area contributed by atoms with Gasteiger partial charge in [-0.2, -0.15) is 0 Å². The van der Waals surface area contributed by atoms with Crippen molar-refractivity contribution in [1.29, 1.82) is 0 Å². The van der Waals surface area contributed by atoms with Gasteiger partial charge in [0.05, 0.1) is 0 Å². The highest BCUT2D eigenvalue weighted by atomic mass is 35.5. The number of amides is 1. The predicted octanol–water partition coefficient (Wildman–Crippen LogP) is 4.82. The quantitative estimate of drug-likeness (QED) is 0.828. The van der Waals surface area contributed by atoms with E-state index in [1.165, 1.54) is 0 Å². The Morgan fingerprint density at radius 2 is 1.45 bits per heavy atom. The van der Waals surface area contributed by atoms with Crippen molar-refractivity contribution in [3.8, 4) is 0 Å². The summed E-state index contributed by atoms with van der Waals surface area (Å²) >= 11 is 5.84. The van der Waals surface area contributed by atoms with E-state index < -0.39 is 0 Å². The van der Waals surface area contributed by atoms with Gasteiger partial charge in [0.2, 0.25) is 5.91 Å². The molecule has 0 aliphatic heterocycles. The standard InChI is InChI=1S/C16H17ClN2O/c1-2-3-16(20)19-15-10-8-14(9-11-15)18-13-6-4-12(17)5-7-13/h4-11,18H,2-3H2,1H3,(H,19,20). The monoisotopic (exact) mass is 288 g/mol. The predicted molar refractivity (Wildman–Crippen MR) is 84.7 cm³/mol. The van der Waals surface area contributed by atoms with Crippen LogP contribution in [0.25, 0.3) is 0 Å². The first-order valence-electron chi connectivity index (χ1n) is 6.60. The number of nitrogens with one attached hydrogen (secondary N) is 2. The van der Waals surface area contributed by atoms with E-state index >= 15 is 0 Å². The van der Waals surface area contributed by atoms with Gasteiger partial charge in [-0.15, -0.1) is 0 Å². The van der Waals surface area contributed by atoms with E-state index in [0.717, 1.165) is 23.5 Å². The second kappa shape index (κ2) is 6.96. The SMILES string of the molecule is CCCC(=O)Nc1ccc(Nc2ccc(Cl)cc2)cc1. The minimum absolute atomic E-state index is 0.0471. The molecule has 2 aromatic carbocycles. The lowest BCUT2D eigenvalue weighted by Crippen LogP contribution is -2.10. The molecule has 0 aliphatic carbocycles. The number of carbonyl (C=O) groups is 1. The number of hydrogen-bond donors (Lipinski definition) is 2. The van der Waals surface area contributed by atoms with Crippen LogP contribution in [0.5, 0.6) is 0 Å². The van der Waals surface area contributed by atoms with Crippen LogP contribution in [-0.2, 0) is 4.79 Å². The second-order valence-electron chi connectivity index (χ2n) is 4.51. The molecule has 3 nitrogen and oxygen atoms in total. The Morgan fingerprint density at radius 1 is 0.950 bits per heavy atom. The highest BCUT2D eigenvalue weighted by molar-refractivity contribution is 6.30. The smallest absolute Gasteiger partial charge is 0.224 e. The van der Waals surface area contributed by atoms with E-state index in [-0.39, 0.29) is 5.91 Å². The number of benzene rings is 2. The van der Waals surface area contributed by atoms with Crippen molar-refractivity contribution in [2.75, 3.05) is 10.6 Å². The first kappa shape index (κ1) is 14.4. The minimum Gasteiger partial charge on any atom is -0.356 e. The topological polar surface area (TPSA) is 41.1 Å². The fraction of sp³-hybridized carbons (Fsp3) is 0.188. The van der Waals surface area contributed by atoms with Crippen LogP contribution < -0.4 is 10.6 Å². The molecule has 0 aliphatic rings. The molecule has 2 aromatic rings. The van der Waals surface area contributed by atoms with Gasteiger partial charge in [-0.1, -0.05) is 18.5 Å². The third-order valence-electron chi connectivity index (χ3n) is 2.78. The van der Waals surface area contributed by atoms with Crippen LogP contribution in [0, 0.1) is 0 Å². The highest BCUT2D eigenvalue weighted by Crippen LogP contribution is 2.20. The molecular formula is C16H17ClN2O. The zero-order valence-electron chi connectivity index (χ0n) is 11.3. The van der Waals surface area contributed by atoms with E-state index in [1.807, 2.05) is 55.5 Å². The lowest BCUT2D eigenvalue weighted by atomic mass is 10.2. The fourth-order valence-electron chi connectivity index (χ4n) is 1.79. The Labute approximate surface area is 124 Å². The highest BCUT2D eigenvalue weighted by Gasteiger charge is 2.01. The van der Waals surface area contributed by atoms with Gasteiger partial charge in [0.1, 0.15) is 0 Å². The maximum atomic E-state index is 11.5. The van der Waals surface area contributed by atoms with Gasteiger partial charge >= 0.3 is 0 Å². The number of rotatable bonds is 5. The van der Waals surface area contributed by atoms with Crippen molar-refractivity contribution in [3.63, 3.8) is 0 Å². The van der Waals surface area contributed by atoms with Crippen LogP contribution in [0.1, 0.15) is 19.8 Å². The molecule has 104 valence electrons. The molecular weight excluding hydrogens is 272 g/mol. The molecule has 0 radical (unpaired) electrons. The molecule has 0 aromatic heterocycles. The van der Waals surface area contributed by atoms with Gasteiger partial charge in [-0.25, -0.2) is 0 Å². The lowest BCUT2D eigenvalue weighted by Gasteiger charge is -2.08. The average molecular weight is 289 g/mol. The molecule has 0 atom stereocenters. The molecule has 0 saturated heterocycles. The van der Waals surface area contributed by atoms with E-state index in [9.17, 15) is 4.79 Å². The van der Waals surface area contributed by atoms with Crippen molar-refractivity contribution < 1.29 is 4.79 Å². The van der Waals surface area contributed by atoms with Gasteiger partial charge in [0, 0.05) is 28.5 Å². The Kier molecular flexibility index (Phi) is 5.02. The number of halogens is 1. The summed E-state index contributed by atoms with van der Waals surface area (Å²) in [5.74, 6) is 0.0471. The van der Waals surface area contributed by atoms with Gasteiger partial charge in [0.25, 0.3) is 0 Å². The van der Waals surface area contributed by atoms with Crippen molar-refractivity contribution >= 4 is 34.6 Å². The fourth-order valence-corrected chi connectivity index (χ4v) is 1.91. The summed E-state index contributed by atoms with van der Waals surface area (Å²) in [4.78, 5) is 11.5. The van der Waals surface area contributed by atoms with Crippen molar-refractivity contribution in [1.82, 2.24) is 0 Å². The van der Waals surface area contributed by atoms with E-state index in [0.29, 0.717) is 11.4 Å². The van der Waals surface area contributed by atoms with Crippen LogP contribution in [0.15, 0.2) is 48.5 Å². The minimum atomic E-state index is 0.0471. The summed E-state index contributed by atoms with van der Waals surface area (Å²) in [6.45, 7) is 1.98. The third-order valence-corrected chi connectivity index (χ3v) is 3.03. The van der Waals surface area contributed by atoms with Gasteiger partial charge < -0.3 is 10.6 Å². The van der Waals surface area contributed by atoms with Crippen molar-refractivity contribution in [2.24, 2.45) is 0 Å². The Balaban J connectivity index is 1.97. The summed E-state index contributed by atoms with van der Waals surface area (Å²) in [7, 11) is 0. The lowest BCUT2D eigenvalue weighted by molar-refractivity contribution is -0.116. The molecule has 0 saturated carbocycles. The summed E-state index contributed by atoms with van der Waals surface area (Å²) in [6, 6.07) is 15.1. The molecule has 2 N–H and O–H groups in total. The molecule has 0 bridgehead atoms. The zero-order chi connectivity index (χ0) is 14.4. The average Bonchev–Trinajstić information content (AvgIpc) is 2.44. The van der Waals surface area contributed by atoms with Crippen LogP contribution in [0.4, 0.5) is 17.1 Å². The maximum absolute atomic E-state index is 11.5. The molecule has 4 heteroatoms. The molecule has 1 amide bonds. The van der Waals surface area contributed by atoms with Crippen LogP contribution in [0.3, 0.4) is 0 Å². The molecule has 0 spiro atoms. The summed E-state index contributed by atoms with van der Waals surface area (Å²) in [6.07, 6.45) is 1.40. The van der Waals surface area contributed by atoms with Gasteiger partial charge in [-0.05, 0) is 55.0 Å². The molecule has 0 fully saturated rings. The summed E-state index contributed by atoms with van der Waals surface area (Å²) in [5, 5.41) is 6.84. The van der Waals surface area contributed by atoms with Gasteiger partial charge in [-0.3, -0.25) is 4.79 Å². The Hall–Kier alpha value is -2.00. The first-order valence-corrected chi connectivity index (χ1v) is 6.97. The Morgan fingerprint density at radius 3 is 2.00 bits per heavy atom. The zero-order valence-corrected chi connectivity index (χ0v) is 12.1. The van der Waals surface area contributed by atoms with Gasteiger partial charge in [0.15, 0.2) is 0 Å². The third kappa shape index (κ3) is 4.28. The molecule has 2 rings (SSSR count).